The lowest BCUT2D eigenvalue weighted by molar-refractivity contribution is 0.874. The average Bonchev–Trinajstić information content (AvgIpc) is 2.21. The number of aliphatic imine (C=N–C) groups is 1. The van der Waals surface area contributed by atoms with E-state index in [-0.39, 0.29) is 0 Å². The molecule has 1 aliphatic heterocycles. The molecule has 1 aromatic heterocycles. The molecule has 60 valence electrons. The standard InChI is InChI=1S/C9H9N3/c1-4-10-5-2-8(1)9-3-6-11-7-12-9/h1-6,11H,7H2. The maximum absolute atomic E-state index is 4.29. The van der Waals surface area contributed by atoms with Crippen molar-refractivity contribution in [2.45, 2.75) is 0 Å². The molecule has 0 radical (unpaired) electrons. The number of pyridine rings is 1. The molecule has 1 aliphatic rings. The summed E-state index contributed by atoms with van der Waals surface area (Å²) in [4.78, 5) is 8.24. The smallest absolute Gasteiger partial charge is 0.108 e. The molecule has 1 N–H and O–H groups in total. The Morgan fingerprint density at radius 3 is 2.75 bits per heavy atom. The molecule has 0 amide bonds. The van der Waals surface area contributed by atoms with E-state index in [2.05, 4.69) is 15.3 Å². The first-order chi connectivity index (χ1) is 5.97. The molecule has 0 fully saturated rings. The molecule has 2 rings (SSSR count). The fraction of sp³-hybridized carbons (Fsp3) is 0.111. The van der Waals surface area contributed by atoms with Crippen molar-refractivity contribution in [2.24, 2.45) is 4.99 Å². The van der Waals surface area contributed by atoms with E-state index in [4.69, 9.17) is 0 Å². The van der Waals surface area contributed by atoms with Crippen LogP contribution in [-0.4, -0.2) is 17.4 Å². The SMILES string of the molecule is C1=CC(c2ccncc2)=NCN1. The lowest BCUT2D eigenvalue weighted by Gasteiger charge is -2.06. The second-order valence-corrected chi connectivity index (χ2v) is 2.47. The van der Waals surface area contributed by atoms with Gasteiger partial charge in [-0.1, -0.05) is 0 Å². The number of nitrogens with zero attached hydrogens (tertiary/aromatic N) is 2. The van der Waals surface area contributed by atoms with Gasteiger partial charge in [-0.2, -0.15) is 0 Å². The van der Waals surface area contributed by atoms with Gasteiger partial charge >= 0.3 is 0 Å². The molecule has 12 heavy (non-hydrogen) atoms. The van der Waals surface area contributed by atoms with Gasteiger partial charge in [-0.15, -0.1) is 0 Å². The van der Waals surface area contributed by atoms with Gasteiger partial charge in [0.15, 0.2) is 0 Å². The van der Waals surface area contributed by atoms with Crippen LogP contribution in [0.2, 0.25) is 0 Å². The van der Waals surface area contributed by atoms with Crippen LogP contribution in [-0.2, 0) is 0 Å². The Labute approximate surface area is 70.9 Å². The summed E-state index contributed by atoms with van der Waals surface area (Å²) in [5.74, 6) is 0. The van der Waals surface area contributed by atoms with Crippen LogP contribution in [0.4, 0.5) is 0 Å². The molecule has 0 unspecified atom stereocenters. The quantitative estimate of drug-likeness (QED) is 0.662. The van der Waals surface area contributed by atoms with Gasteiger partial charge in [-0.3, -0.25) is 9.98 Å². The van der Waals surface area contributed by atoms with Crippen LogP contribution in [0.25, 0.3) is 0 Å². The number of nitrogens with one attached hydrogen (secondary N) is 1. The van der Waals surface area contributed by atoms with Gasteiger partial charge < -0.3 is 5.32 Å². The lowest BCUT2D eigenvalue weighted by atomic mass is 10.1. The van der Waals surface area contributed by atoms with Crippen molar-refractivity contribution in [3.63, 3.8) is 0 Å². The van der Waals surface area contributed by atoms with E-state index >= 15 is 0 Å². The number of hydrogen-bond acceptors (Lipinski definition) is 3. The van der Waals surface area contributed by atoms with E-state index in [0.717, 1.165) is 11.3 Å². The van der Waals surface area contributed by atoms with Crippen molar-refractivity contribution < 1.29 is 0 Å². The van der Waals surface area contributed by atoms with Gasteiger partial charge in [-0.05, 0) is 24.4 Å². The van der Waals surface area contributed by atoms with Gasteiger partial charge in [0.2, 0.25) is 0 Å². The number of allylic oxidation sites excluding steroid dienone is 1. The van der Waals surface area contributed by atoms with Crippen LogP contribution in [0.15, 0.2) is 41.8 Å². The van der Waals surface area contributed by atoms with Crippen molar-refractivity contribution in [1.29, 1.82) is 0 Å². The zero-order valence-corrected chi connectivity index (χ0v) is 6.57. The number of hydrogen-bond donors (Lipinski definition) is 1. The monoisotopic (exact) mass is 159 g/mol. The van der Waals surface area contributed by atoms with Gasteiger partial charge in [0, 0.05) is 18.0 Å². The maximum atomic E-state index is 4.29. The Balaban J connectivity index is 2.31. The van der Waals surface area contributed by atoms with E-state index in [1.54, 1.807) is 12.4 Å². The van der Waals surface area contributed by atoms with Crippen molar-refractivity contribution in [1.82, 2.24) is 10.3 Å². The van der Waals surface area contributed by atoms with E-state index < -0.39 is 0 Å². The maximum Gasteiger partial charge on any atom is 0.108 e. The second kappa shape index (κ2) is 3.17. The van der Waals surface area contributed by atoms with Crippen LogP contribution in [0.1, 0.15) is 5.56 Å². The molecule has 0 saturated heterocycles. The Bertz CT molecular complexity index is 314. The second-order valence-electron chi connectivity index (χ2n) is 2.47. The van der Waals surface area contributed by atoms with Crippen LogP contribution >= 0.6 is 0 Å². The van der Waals surface area contributed by atoms with Crippen LogP contribution in [0, 0.1) is 0 Å². The number of aromatic nitrogens is 1. The zero-order valence-electron chi connectivity index (χ0n) is 6.57. The molecule has 0 spiro atoms. The molecule has 1 aromatic rings. The summed E-state index contributed by atoms with van der Waals surface area (Å²) in [7, 11) is 0. The summed E-state index contributed by atoms with van der Waals surface area (Å²) in [6.45, 7) is 0.661. The molecule has 3 heteroatoms. The van der Waals surface area contributed by atoms with E-state index in [0.29, 0.717) is 6.67 Å². The highest BCUT2D eigenvalue weighted by atomic mass is 15.0. The largest absolute Gasteiger partial charge is 0.372 e. The molecule has 0 atom stereocenters. The highest BCUT2D eigenvalue weighted by Crippen LogP contribution is 2.02. The lowest BCUT2D eigenvalue weighted by Crippen LogP contribution is -2.13. The predicted octanol–water partition coefficient (Wildman–Crippen LogP) is 0.945. The molecule has 0 aromatic carbocycles. The first-order valence-corrected chi connectivity index (χ1v) is 3.81. The van der Waals surface area contributed by atoms with Crippen LogP contribution < -0.4 is 5.32 Å². The first kappa shape index (κ1) is 7.03. The predicted molar refractivity (Wildman–Crippen MR) is 47.9 cm³/mol. The Morgan fingerprint density at radius 1 is 1.25 bits per heavy atom. The molecule has 0 aliphatic carbocycles. The summed E-state index contributed by atoms with van der Waals surface area (Å²) in [5, 5.41) is 3.00. The summed E-state index contributed by atoms with van der Waals surface area (Å²) in [6, 6.07) is 3.91. The van der Waals surface area contributed by atoms with Crippen molar-refractivity contribution >= 4 is 5.71 Å². The minimum absolute atomic E-state index is 0.661. The molecule has 0 bridgehead atoms. The van der Waals surface area contributed by atoms with Crippen molar-refractivity contribution in [2.75, 3.05) is 6.67 Å². The fourth-order valence-electron chi connectivity index (χ4n) is 1.08. The zero-order chi connectivity index (χ0) is 8.23. The van der Waals surface area contributed by atoms with Crippen LogP contribution in [0.3, 0.4) is 0 Å². The van der Waals surface area contributed by atoms with Crippen molar-refractivity contribution in [3.8, 4) is 0 Å². The third-order valence-electron chi connectivity index (χ3n) is 1.68. The van der Waals surface area contributed by atoms with E-state index in [1.165, 1.54) is 0 Å². The average molecular weight is 159 g/mol. The number of rotatable bonds is 1. The third-order valence-corrected chi connectivity index (χ3v) is 1.68. The van der Waals surface area contributed by atoms with Crippen LogP contribution in [0.5, 0.6) is 0 Å². The van der Waals surface area contributed by atoms with E-state index in [9.17, 15) is 0 Å². The van der Waals surface area contributed by atoms with Gasteiger partial charge in [0.05, 0.1) is 5.71 Å². The molecular formula is C9H9N3. The Kier molecular flexibility index (Phi) is 1.86. The molecule has 3 nitrogen and oxygen atoms in total. The van der Waals surface area contributed by atoms with Gasteiger partial charge in [-0.25, -0.2) is 0 Å². The molecule has 2 heterocycles. The molecular weight excluding hydrogens is 150 g/mol. The Hall–Kier alpha value is -1.64. The van der Waals surface area contributed by atoms with Crippen molar-refractivity contribution in [3.05, 3.63) is 42.4 Å². The minimum atomic E-state index is 0.661. The highest BCUT2D eigenvalue weighted by Gasteiger charge is 1.99. The highest BCUT2D eigenvalue weighted by molar-refractivity contribution is 6.08. The fourth-order valence-corrected chi connectivity index (χ4v) is 1.08. The third kappa shape index (κ3) is 1.34. The van der Waals surface area contributed by atoms with E-state index in [1.807, 2.05) is 24.4 Å². The van der Waals surface area contributed by atoms with Gasteiger partial charge in [0.1, 0.15) is 6.67 Å². The topological polar surface area (TPSA) is 37.3 Å². The summed E-state index contributed by atoms with van der Waals surface area (Å²) < 4.78 is 0. The minimum Gasteiger partial charge on any atom is -0.372 e. The summed E-state index contributed by atoms with van der Waals surface area (Å²) >= 11 is 0. The summed E-state index contributed by atoms with van der Waals surface area (Å²) in [6.07, 6.45) is 7.41. The normalized spacial score (nSPS) is 15.2. The molecule has 0 saturated carbocycles. The summed E-state index contributed by atoms with van der Waals surface area (Å²) in [5.41, 5.74) is 2.12. The first-order valence-electron chi connectivity index (χ1n) is 3.81. The Morgan fingerprint density at radius 2 is 2.08 bits per heavy atom. The van der Waals surface area contributed by atoms with Gasteiger partial charge in [0.25, 0.3) is 0 Å².